The van der Waals surface area contributed by atoms with Gasteiger partial charge in [-0.15, -0.1) is 0 Å². The molecule has 0 aromatic heterocycles. The maximum absolute atomic E-state index is 12.1. The number of carboxylic acid groups (broad SMARTS) is 1. The number of hydrogen-bond acceptors (Lipinski definition) is 5. The number of carboxylic acids is 1. The number of carbonyl (C=O) groups is 1. The molecule has 0 aliphatic rings. The summed E-state index contributed by atoms with van der Waals surface area (Å²) in [4.78, 5) is 9.80. The van der Waals surface area contributed by atoms with Crippen molar-refractivity contribution in [2.75, 3.05) is 0 Å². The number of phenols is 2. The molecule has 0 unspecified atom stereocenters. The molecule has 6 nitrogen and oxygen atoms in total. The van der Waals surface area contributed by atoms with Crippen molar-refractivity contribution in [1.29, 1.82) is 0 Å². The van der Waals surface area contributed by atoms with Crippen LogP contribution in [-0.2, 0) is 14.6 Å². The van der Waals surface area contributed by atoms with Gasteiger partial charge in [-0.25, -0.2) is 13.2 Å². The summed E-state index contributed by atoms with van der Waals surface area (Å²) < 4.78 is 24.2. The minimum atomic E-state index is -3.59. The lowest BCUT2D eigenvalue weighted by Crippen LogP contribution is -2.01. The fourth-order valence-electron chi connectivity index (χ4n) is 1.39. The van der Waals surface area contributed by atoms with Crippen LogP contribution in [0.15, 0.2) is 70.5 Å². The van der Waals surface area contributed by atoms with Gasteiger partial charge in [0.2, 0.25) is 9.84 Å². The lowest BCUT2D eigenvalue weighted by atomic mass is 10.3. The summed E-state index contributed by atoms with van der Waals surface area (Å²) in [5, 5.41) is 26.1. The highest BCUT2D eigenvalue weighted by Crippen LogP contribution is 2.23. The number of benzene rings is 2. The van der Waals surface area contributed by atoms with Crippen molar-refractivity contribution in [2.24, 2.45) is 0 Å². The molecule has 0 aliphatic carbocycles. The van der Waals surface area contributed by atoms with E-state index in [0.29, 0.717) is 0 Å². The summed E-state index contributed by atoms with van der Waals surface area (Å²) in [7, 11) is -3.59. The average Bonchev–Trinajstić information content (AvgIpc) is 2.48. The third-order valence-corrected chi connectivity index (χ3v) is 4.44. The first-order valence-corrected chi connectivity index (χ1v) is 7.85. The van der Waals surface area contributed by atoms with Crippen molar-refractivity contribution in [3.8, 4) is 11.5 Å². The Hall–Kier alpha value is -2.80. The monoisotopic (exact) mass is 336 g/mol. The van der Waals surface area contributed by atoms with Crippen LogP contribution in [0, 0.1) is 0 Å². The van der Waals surface area contributed by atoms with E-state index in [4.69, 9.17) is 15.3 Å². The average molecular weight is 336 g/mol. The van der Waals surface area contributed by atoms with E-state index in [9.17, 15) is 13.2 Å². The van der Waals surface area contributed by atoms with E-state index in [1.807, 2.05) is 0 Å². The van der Waals surface area contributed by atoms with Crippen LogP contribution < -0.4 is 0 Å². The predicted octanol–water partition coefficient (Wildman–Crippen LogP) is 2.58. The van der Waals surface area contributed by atoms with Gasteiger partial charge in [-0.3, -0.25) is 0 Å². The normalized spacial score (nSPS) is 10.3. The van der Waals surface area contributed by atoms with E-state index in [0.717, 1.165) is 0 Å². The molecule has 0 saturated heterocycles. The van der Waals surface area contributed by atoms with Crippen LogP contribution in [-0.4, -0.2) is 29.7 Å². The zero-order valence-electron chi connectivity index (χ0n) is 12.3. The second kappa shape index (κ2) is 7.46. The van der Waals surface area contributed by atoms with Crippen LogP contribution >= 0.6 is 0 Å². The molecule has 0 spiro atoms. The number of aromatic hydroxyl groups is 2. The quantitative estimate of drug-likeness (QED) is 0.743. The Morgan fingerprint density at radius 3 is 1.35 bits per heavy atom. The van der Waals surface area contributed by atoms with Gasteiger partial charge in [-0.2, -0.15) is 0 Å². The van der Waals surface area contributed by atoms with Gasteiger partial charge in [0.1, 0.15) is 11.5 Å². The molecule has 0 saturated carbocycles. The van der Waals surface area contributed by atoms with E-state index in [1.54, 1.807) is 0 Å². The zero-order chi connectivity index (χ0) is 17.6. The van der Waals surface area contributed by atoms with Crippen molar-refractivity contribution in [1.82, 2.24) is 0 Å². The molecule has 2 rings (SSSR count). The van der Waals surface area contributed by atoms with Gasteiger partial charge in [0.25, 0.3) is 0 Å². The van der Waals surface area contributed by atoms with Gasteiger partial charge in [0, 0.05) is 5.57 Å². The van der Waals surface area contributed by atoms with Gasteiger partial charge in [0.05, 0.1) is 9.79 Å². The van der Waals surface area contributed by atoms with Crippen LogP contribution in [0.25, 0.3) is 0 Å². The highest BCUT2D eigenvalue weighted by molar-refractivity contribution is 7.91. The highest BCUT2D eigenvalue weighted by atomic mass is 32.2. The molecule has 2 aromatic rings. The van der Waals surface area contributed by atoms with Crippen molar-refractivity contribution < 1.29 is 28.5 Å². The third-order valence-electron chi connectivity index (χ3n) is 2.66. The van der Waals surface area contributed by atoms with E-state index >= 15 is 0 Å². The van der Waals surface area contributed by atoms with Gasteiger partial charge >= 0.3 is 5.97 Å². The van der Waals surface area contributed by atoms with Crippen molar-refractivity contribution in [3.05, 3.63) is 60.7 Å². The number of aliphatic carboxylic acids is 1. The molecule has 0 fully saturated rings. The maximum atomic E-state index is 12.1. The molecule has 0 heterocycles. The predicted molar refractivity (Wildman–Crippen MR) is 84.1 cm³/mol. The summed E-state index contributed by atoms with van der Waals surface area (Å²) in [5.41, 5.74) is 0.176. The number of phenolic OH excluding ortho intramolecular Hbond substituents is 2. The fraction of sp³-hybridized carbons (Fsp3) is 0.0625. The van der Waals surface area contributed by atoms with Crippen LogP contribution in [0.4, 0.5) is 0 Å². The number of sulfone groups is 1. The summed E-state index contributed by atoms with van der Waals surface area (Å²) in [6, 6.07) is 10.6. The van der Waals surface area contributed by atoms with Crippen molar-refractivity contribution >= 4 is 15.8 Å². The molecule has 0 aliphatic heterocycles. The van der Waals surface area contributed by atoms with E-state index in [-0.39, 0.29) is 26.9 Å². The lowest BCUT2D eigenvalue weighted by Gasteiger charge is -2.04. The van der Waals surface area contributed by atoms with Crippen LogP contribution in [0.3, 0.4) is 0 Å². The number of hydrogen-bond donors (Lipinski definition) is 3. The lowest BCUT2D eigenvalue weighted by molar-refractivity contribution is -0.132. The molecular weight excluding hydrogens is 320 g/mol. The second-order valence-electron chi connectivity index (χ2n) is 4.58. The largest absolute Gasteiger partial charge is 0.508 e. The number of rotatable bonds is 3. The third kappa shape index (κ3) is 5.15. The van der Waals surface area contributed by atoms with Crippen LogP contribution in [0.1, 0.15) is 6.92 Å². The Labute approximate surface area is 133 Å². The minimum Gasteiger partial charge on any atom is -0.508 e. The second-order valence-corrected chi connectivity index (χ2v) is 6.53. The molecule has 23 heavy (non-hydrogen) atoms. The van der Waals surface area contributed by atoms with Gasteiger partial charge in [-0.1, -0.05) is 6.58 Å². The summed E-state index contributed by atoms with van der Waals surface area (Å²) >= 11 is 0. The molecule has 0 amide bonds. The Morgan fingerprint density at radius 1 is 0.870 bits per heavy atom. The first kappa shape index (κ1) is 18.2. The van der Waals surface area contributed by atoms with Crippen LogP contribution in [0.2, 0.25) is 0 Å². The smallest absolute Gasteiger partial charge is 0.330 e. The molecule has 3 N–H and O–H groups in total. The van der Waals surface area contributed by atoms with Gasteiger partial charge in [-0.05, 0) is 55.5 Å². The molecule has 7 heteroatoms. The first-order chi connectivity index (χ1) is 10.6. The zero-order valence-corrected chi connectivity index (χ0v) is 13.1. The van der Waals surface area contributed by atoms with E-state index in [1.165, 1.54) is 55.5 Å². The Balaban J connectivity index is 0.000000379. The molecule has 0 bridgehead atoms. The topological polar surface area (TPSA) is 112 Å². The van der Waals surface area contributed by atoms with Gasteiger partial charge in [0.15, 0.2) is 0 Å². The fourth-order valence-corrected chi connectivity index (χ4v) is 2.65. The summed E-state index contributed by atoms with van der Waals surface area (Å²) in [6.45, 7) is 4.60. The minimum absolute atomic E-state index is 0.00894. The van der Waals surface area contributed by atoms with E-state index < -0.39 is 15.8 Å². The highest BCUT2D eigenvalue weighted by Gasteiger charge is 2.17. The maximum Gasteiger partial charge on any atom is 0.330 e. The molecule has 122 valence electrons. The Bertz CT molecular complexity index is 726. The first-order valence-electron chi connectivity index (χ1n) is 6.36. The van der Waals surface area contributed by atoms with Gasteiger partial charge < -0.3 is 15.3 Å². The van der Waals surface area contributed by atoms with E-state index in [2.05, 4.69) is 6.58 Å². The molecular formula is C16H16O6S. The Morgan fingerprint density at radius 2 is 1.13 bits per heavy atom. The standard InChI is InChI=1S/C12H10O4S.C4H6O2/c13-9-1-5-11(6-2-9)17(15,16)12-7-3-10(14)4-8-12;1-3(2)4(5)6/h1-8,13-14H;1H2,2H3,(H,5,6). The van der Waals surface area contributed by atoms with Crippen molar-refractivity contribution in [3.63, 3.8) is 0 Å². The Kier molecular flexibility index (Phi) is 5.92. The summed E-state index contributed by atoms with van der Waals surface area (Å²) in [5.74, 6) is -0.917. The van der Waals surface area contributed by atoms with Crippen molar-refractivity contribution in [2.45, 2.75) is 16.7 Å². The summed E-state index contributed by atoms with van der Waals surface area (Å²) in [6.07, 6.45) is 0. The molecule has 0 radical (unpaired) electrons. The SMILES string of the molecule is C=C(C)C(=O)O.O=S(=O)(c1ccc(O)cc1)c1ccc(O)cc1. The molecule has 2 aromatic carbocycles. The van der Waals surface area contributed by atoms with Crippen LogP contribution in [0.5, 0.6) is 11.5 Å². The molecule has 0 atom stereocenters.